The first-order valence-corrected chi connectivity index (χ1v) is 9.35. The summed E-state index contributed by atoms with van der Waals surface area (Å²) < 4.78 is 1.60. The Morgan fingerprint density at radius 3 is 2.44 bits per heavy atom. The second kappa shape index (κ2) is 8.35. The number of carbonyl (C=O) groups excluding carboxylic acids is 2. The van der Waals surface area contributed by atoms with Gasteiger partial charge >= 0.3 is 0 Å². The maximum absolute atomic E-state index is 12.9. The van der Waals surface area contributed by atoms with Crippen LogP contribution in [0.2, 0.25) is 0 Å². The highest BCUT2D eigenvalue weighted by molar-refractivity contribution is 5.98. The lowest BCUT2D eigenvalue weighted by molar-refractivity contribution is 0.0856. The Kier molecular flexibility index (Phi) is 5.91. The van der Waals surface area contributed by atoms with E-state index >= 15 is 0 Å². The fourth-order valence-corrected chi connectivity index (χ4v) is 3.45. The molecule has 7 heteroatoms. The lowest BCUT2D eigenvalue weighted by atomic mass is 9.93. The zero-order chi connectivity index (χ0) is 19.4. The van der Waals surface area contributed by atoms with Crippen molar-refractivity contribution in [3.63, 3.8) is 0 Å². The summed E-state index contributed by atoms with van der Waals surface area (Å²) >= 11 is 0. The van der Waals surface area contributed by atoms with E-state index in [-0.39, 0.29) is 35.7 Å². The van der Waals surface area contributed by atoms with Gasteiger partial charge in [-0.25, -0.2) is 0 Å². The van der Waals surface area contributed by atoms with Crippen molar-refractivity contribution >= 4 is 11.8 Å². The highest BCUT2D eigenvalue weighted by Gasteiger charge is 2.26. The first kappa shape index (κ1) is 19.1. The van der Waals surface area contributed by atoms with Crippen molar-refractivity contribution in [2.45, 2.75) is 50.8 Å². The molecule has 0 bridgehead atoms. The third-order valence-electron chi connectivity index (χ3n) is 5.11. The van der Waals surface area contributed by atoms with Crippen molar-refractivity contribution in [3.05, 3.63) is 53.3 Å². The standard InChI is InChI=1S/C20H26N4O3/c1-13(14-6-4-3-5-7-14)24-18(12-17(23-24)19(26)21-2)20(27)22-15-8-10-16(25)11-9-15/h3-7,12-13,15-16,25H,8-11H2,1-2H3,(H,21,26)(H,22,27)/t13-,15?,16?/m0/s1. The highest BCUT2D eigenvalue weighted by atomic mass is 16.3. The van der Waals surface area contributed by atoms with Crippen molar-refractivity contribution in [3.8, 4) is 0 Å². The van der Waals surface area contributed by atoms with Gasteiger partial charge in [-0.1, -0.05) is 30.3 Å². The van der Waals surface area contributed by atoms with Crippen LogP contribution >= 0.6 is 0 Å². The molecule has 0 aliphatic heterocycles. The average molecular weight is 370 g/mol. The van der Waals surface area contributed by atoms with Crippen LogP contribution in [0.5, 0.6) is 0 Å². The second-order valence-corrected chi connectivity index (χ2v) is 7.00. The molecular weight excluding hydrogens is 344 g/mol. The SMILES string of the molecule is CNC(=O)c1cc(C(=O)NC2CCC(O)CC2)n([C@@H](C)c2ccccc2)n1. The molecule has 27 heavy (non-hydrogen) atoms. The minimum atomic E-state index is -0.330. The van der Waals surface area contributed by atoms with Crippen molar-refractivity contribution < 1.29 is 14.7 Å². The quantitative estimate of drug-likeness (QED) is 0.749. The number of aromatic nitrogens is 2. The van der Waals surface area contributed by atoms with E-state index in [4.69, 9.17) is 0 Å². The third kappa shape index (κ3) is 4.36. The smallest absolute Gasteiger partial charge is 0.271 e. The Hall–Kier alpha value is -2.67. The van der Waals surface area contributed by atoms with E-state index in [1.54, 1.807) is 4.68 Å². The molecule has 1 aromatic heterocycles. The fraction of sp³-hybridized carbons (Fsp3) is 0.450. The molecule has 144 valence electrons. The van der Waals surface area contributed by atoms with Gasteiger partial charge in [-0.3, -0.25) is 14.3 Å². The Labute approximate surface area is 158 Å². The Morgan fingerprint density at radius 1 is 1.15 bits per heavy atom. The van der Waals surface area contributed by atoms with E-state index in [2.05, 4.69) is 15.7 Å². The number of carbonyl (C=O) groups is 2. The maximum Gasteiger partial charge on any atom is 0.271 e. The lowest BCUT2D eigenvalue weighted by Crippen LogP contribution is -2.39. The van der Waals surface area contributed by atoms with E-state index in [1.807, 2.05) is 37.3 Å². The molecule has 1 fully saturated rings. The van der Waals surface area contributed by atoms with E-state index < -0.39 is 0 Å². The van der Waals surface area contributed by atoms with Crippen LogP contribution in [0.15, 0.2) is 36.4 Å². The molecule has 1 atom stereocenters. The third-order valence-corrected chi connectivity index (χ3v) is 5.11. The summed E-state index contributed by atoms with van der Waals surface area (Å²) in [6, 6.07) is 11.1. The van der Waals surface area contributed by atoms with Gasteiger partial charge in [0, 0.05) is 19.2 Å². The van der Waals surface area contributed by atoms with Gasteiger partial charge < -0.3 is 15.7 Å². The molecule has 1 aliphatic rings. The van der Waals surface area contributed by atoms with Gasteiger partial charge in [-0.15, -0.1) is 0 Å². The molecule has 3 rings (SSSR count). The number of nitrogens with zero attached hydrogens (tertiary/aromatic N) is 2. The zero-order valence-corrected chi connectivity index (χ0v) is 15.7. The molecular formula is C20H26N4O3. The predicted octanol–water partition coefficient (Wildman–Crippen LogP) is 1.89. The highest BCUT2D eigenvalue weighted by Crippen LogP contribution is 2.22. The Morgan fingerprint density at radius 2 is 1.81 bits per heavy atom. The fourth-order valence-electron chi connectivity index (χ4n) is 3.45. The molecule has 0 spiro atoms. The molecule has 3 N–H and O–H groups in total. The van der Waals surface area contributed by atoms with E-state index in [0.29, 0.717) is 18.5 Å². The molecule has 0 saturated heterocycles. The van der Waals surface area contributed by atoms with Crippen LogP contribution in [0, 0.1) is 0 Å². The van der Waals surface area contributed by atoms with Crippen LogP contribution in [0.25, 0.3) is 0 Å². The second-order valence-electron chi connectivity index (χ2n) is 7.00. The van der Waals surface area contributed by atoms with Crippen molar-refractivity contribution in [2.24, 2.45) is 0 Å². The first-order chi connectivity index (χ1) is 13.0. The minimum Gasteiger partial charge on any atom is -0.393 e. The largest absolute Gasteiger partial charge is 0.393 e. The van der Waals surface area contributed by atoms with Gasteiger partial charge in [0.1, 0.15) is 5.69 Å². The van der Waals surface area contributed by atoms with E-state index in [9.17, 15) is 14.7 Å². The molecule has 0 radical (unpaired) electrons. The summed E-state index contributed by atoms with van der Waals surface area (Å²) in [5, 5.41) is 19.6. The number of hydrogen-bond acceptors (Lipinski definition) is 4. The molecule has 7 nitrogen and oxygen atoms in total. The van der Waals surface area contributed by atoms with Crippen molar-refractivity contribution in [2.75, 3.05) is 7.05 Å². The number of aliphatic hydroxyl groups excluding tert-OH is 1. The average Bonchev–Trinajstić information content (AvgIpc) is 3.15. The number of nitrogens with one attached hydrogen (secondary N) is 2. The van der Waals surface area contributed by atoms with Gasteiger partial charge in [0.15, 0.2) is 5.69 Å². The molecule has 1 aliphatic carbocycles. The van der Waals surface area contributed by atoms with Crippen molar-refractivity contribution in [1.82, 2.24) is 20.4 Å². The van der Waals surface area contributed by atoms with Gasteiger partial charge in [-0.2, -0.15) is 5.10 Å². The van der Waals surface area contributed by atoms with Gasteiger partial charge in [0.25, 0.3) is 11.8 Å². The summed E-state index contributed by atoms with van der Waals surface area (Å²) in [4.78, 5) is 24.9. The van der Waals surface area contributed by atoms with Gasteiger partial charge in [0.05, 0.1) is 12.1 Å². The first-order valence-electron chi connectivity index (χ1n) is 9.35. The molecule has 1 saturated carbocycles. The monoisotopic (exact) mass is 370 g/mol. The molecule has 0 unspecified atom stereocenters. The van der Waals surface area contributed by atoms with Crippen molar-refractivity contribution in [1.29, 1.82) is 0 Å². The summed E-state index contributed by atoms with van der Waals surface area (Å²) in [7, 11) is 1.54. The number of hydrogen-bond donors (Lipinski definition) is 3. The van der Waals surface area contributed by atoms with Crippen LogP contribution < -0.4 is 10.6 Å². The number of aliphatic hydroxyl groups is 1. The summed E-state index contributed by atoms with van der Waals surface area (Å²) in [6.07, 6.45) is 2.60. The van der Waals surface area contributed by atoms with E-state index in [0.717, 1.165) is 18.4 Å². The van der Waals surface area contributed by atoms with Gasteiger partial charge in [-0.05, 0) is 38.2 Å². The molecule has 1 aromatic carbocycles. The molecule has 2 amide bonds. The zero-order valence-electron chi connectivity index (χ0n) is 15.7. The summed E-state index contributed by atoms with van der Waals surface area (Å²) in [5.41, 5.74) is 1.57. The Bertz CT molecular complexity index is 795. The molecule has 1 heterocycles. The van der Waals surface area contributed by atoms with Crippen LogP contribution in [0.3, 0.4) is 0 Å². The van der Waals surface area contributed by atoms with E-state index in [1.165, 1.54) is 13.1 Å². The lowest BCUT2D eigenvalue weighted by Gasteiger charge is -2.26. The van der Waals surface area contributed by atoms with Crippen LogP contribution in [-0.2, 0) is 0 Å². The summed E-state index contributed by atoms with van der Waals surface area (Å²) in [5.74, 6) is -0.578. The van der Waals surface area contributed by atoms with Gasteiger partial charge in [0.2, 0.25) is 0 Å². The Balaban J connectivity index is 1.87. The van der Waals surface area contributed by atoms with Crippen LogP contribution in [-0.4, -0.2) is 45.9 Å². The normalized spacial score (nSPS) is 20.7. The maximum atomic E-state index is 12.9. The predicted molar refractivity (Wildman–Crippen MR) is 102 cm³/mol. The number of benzene rings is 1. The number of rotatable bonds is 5. The van der Waals surface area contributed by atoms with Crippen LogP contribution in [0.4, 0.5) is 0 Å². The summed E-state index contributed by atoms with van der Waals surface area (Å²) in [6.45, 7) is 1.95. The topological polar surface area (TPSA) is 96.3 Å². The number of amides is 2. The molecule has 2 aromatic rings. The van der Waals surface area contributed by atoms with Crippen LogP contribution in [0.1, 0.15) is 65.2 Å². The minimum absolute atomic E-state index is 0.0275.